The van der Waals surface area contributed by atoms with Gasteiger partial charge in [0, 0.05) is 31.5 Å². The Balaban J connectivity index is 1.60. The van der Waals surface area contributed by atoms with Crippen molar-refractivity contribution in [1.29, 1.82) is 0 Å². The van der Waals surface area contributed by atoms with E-state index in [1.54, 1.807) is 16.8 Å². The van der Waals surface area contributed by atoms with Crippen molar-refractivity contribution in [3.8, 4) is 5.69 Å². The molecule has 3 rings (SSSR count). The molecule has 0 aliphatic carbocycles. The summed E-state index contributed by atoms with van der Waals surface area (Å²) in [6, 6.07) is 6.35. The Bertz CT molecular complexity index is 575. The summed E-state index contributed by atoms with van der Waals surface area (Å²) in [5.74, 6) is 0.409. The van der Waals surface area contributed by atoms with Crippen LogP contribution in [0.1, 0.15) is 12.0 Å². The maximum Gasteiger partial charge on any atom is 0.123 e. The lowest BCUT2D eigenvalue weighted by molar-refractivity contribution is 0.173. The minimum Gasteiger partial charge on any atom is -0.381 e. The van der Waals surface area contributed by atoms with Crippen LogP contribution in [0.5, 0.6) is 0 Å². The second kappa shape index (κ2) is 6.37. The summed E-state index contributed by atoms with van der Waals surface area (Å²) in [6.45, 7) is 3.67. The topological polar surface area (TPSA) is 30.3 Å². The Morgan fingerprint density at radius 2 is 2.19 bits per heavy atom. The monoisotopic (exact) mass is 289 g/mol. The van der Waals surface area contributed by atoms with Crippen LogP contribution < -0.4 is 0 Å². The molecule has 1 aliphatic rings. The van der Waals surface area contributed by atoms with Gasteiger partial charge in [-0.2, -0.15) is 5.10 Å². The van der Waals surface area contributed by atoms with E-state index in [-0.39, 0.29) is 5.82 Å². The summed E-state index contributed by atoms with van der Waals surface area (Å²) in [5.41, 5.74) is 2.02. The third-order valence-corrected chi connectivity index (χ3v) is 3.77. The Hall–Kier alpha value is -1.72. The Kier molecular flexibility index (Phi) is 4.31. The van der Waals surface area contributed by atoms with Gasteiger partial charge in [0.2, 0.25) is 0 Å². The van der Waals surface area contributed by atoms with Crippen LogP contribution in [0.25, 0.3) is 5.69 Å². The zero-order chi connectivity index (χ0) is 14.7. The minimum atomic E-state index is -0.232. The van der Waals surface area contributed by atoms with Gasteiger partial charge in [-0.1, -0.05) is 0 Å². The normalized spacial score (nSPS) is 18.5. The Morgan fingerprint density at radius 1 is 1.38 bits per heavy atom. The van der Waals surface area contributed by atoms with E-state index in [0.29, 0.717) is 5.92 Å². The molecule has 1 aromatic carbocycles. The van der Waals surface area contributed by atoms with Crippen LogP contribution in [0.15, 0.2) is 36.7 Å². The van der Waals surface area contributed by atoms with Crippen LogP contribution in [0, 0.1) is 11.7 Å². The van der Waals surface area contributed by atoms with Crippen molar-refractivity contribution < 1.29 is 9.13 Å². The highest BCUT2D eigenvalue weighted by Gasteiger charge is 2.17. The summed E-state index contributed by atoms with van der Waals surface area (Å²) in [5, 5.41) is 4.34. The second-order valence-electron chi connectivity index (χ2n) is 5.70. The summed E-state index contributed by atoms with van der Waals surface area (Å²) in [6.07, 6.45) is 5.01. The van der Waals surface area contributed by atoms with Crippen LogP contribution >= 0.6 is 0 Å². The van der Waals surface area contributed by atoms with E-state index in [1.165, 1.54) is 12.1 Å². The molecule has 1 saturated heterocycles. The van der Waals surface area contributed by atoms with E-state index >= 15 is 0 Å². The molecule has 0 spiro atoms. The van der Waals surface area contributed by atoms with Crippen LogP contribution in [0.4, 0.5) is 4.39 Å². The molecule has 1 atom stereocenters. The lowest BCUT2D eigenvalue weighted by Crippen LogP contribution is -2.25. The molecule has 1 aromatic heterocycles. The van der Waals surface area contributed by atoms with Gasteiger partial charge in [0.15, 0.2) is 0 Å². The van der Waals surface area contributed by atoms with Gasteiger partial charge in [-0.3, -0.25) is 0 Å². The van der Waals surface area contributed by atoms with Gasteiger partial charge in [0.25, 0.3) is 0 Å². The molecular formula is C16H20FN3O. The number of ether oxygens (including phenoxy) is 1. The van der Waals surface area contributed by atoms with E-state index in [9.17, 15) is 4.39 Å². The highest BCUT2D eigenvalue weighted by Crippen LogP contribution is 2.15. The minimum absolute atomic E-state index is 0.232. The number of benzene rings is 1. The predicted octanol–water partition coefficient (Wildman–Crippen LogP) is 2.48. The average Bonchev–Trinajstić information content (AvgIpc) is 3.11. The van der Waals surface area contributed by atoms with Gasteiger partial charge < -0.3 is 9.64 Å². The molecule has 1 unspecified atom stereocenters. The highest BCUT2D eigenvalue weighted by molar-refractivity contribution is 5.31. The fraction of sp³-hybridized carbons (Fsp3) is 0.438. The molecule has 2 aromatic rings. The van der Waals surface area contributed by atoms with Crippen molar-refractivity contribution in [2.45, 2.75) is 13.0 Å². The molecule has 0 N–H and O–H groups in total. The molecule has 0 saturated carbocycles. The fourth-order valence-electron chi connectivity index (χ4n) is 2.72. The first-order valence-corrected chi connectivity index (χ1v) is 7.26. The van der Waals surface area contributed by atoms with Gasteiger partial charge in [0.1, 0.15) is 5.82 Å². The zero-order valence-electron chi connectivity index (χ0n) is 12.2. The molecule has 0 bridgehead atoms. The van der Waals surface area contributed by atoms with Crippen LogP contribution in [0.3, 0.4) is 0 Å². The summed E-state index contributed by atoms with van der Waals surface area (Å²) < 4.78 is 20.1. The van der Waals surface area contributed by atoms with Crippen molar-refractivity contribution in [2.24, 2.45) is 5.92 Å². The molecule has 0 radical (unpaired) electrons. The number of nitrogens with zero attached hydrogens (tertiary/aromatic N) is 3. The van der Waals surface area contributed by atoms with Crippen LogP contribution in [-0.4, -0.2) is 41.5 Å². The molecule has 5 heteroatoms. The van der Waals surface area contributed by atoms with Gasteiger partial charge in [-0.25, -0.2) is 9.07 Å². The van der Waals surface area contributed by atoms with Crippen molar-refractivity contribution >= 4 is 0 Å². The van der Waals surface area contributed by atoms with Crippen molar-refractivity contribution in [1.82, 2.24) is 14.7 Å². The first kappa shape index (κ1) is 14.2. The van der Waals surface area contributed by atoms with E-state index in [0.717, 1.165) is 44.0 Å². The SMILES string of the molecule is CN(Cc1cnn(-c2ccc(F)cc2)c1)CC1CCOC1. The lowest BCUT2D eigenvalue weighted by Gasteiger charge is -2.18. The zero-order valence-corrected chi connectivity index (χ0v) is 12.2. The predicted molar refractivity (Wildman–Crippen MR) is 78.8 cm³/mol. The molecule has 1 aliphatic heterocycles. The van der Waals surface area contributed by atoms with Gasteiger partial charge in [0.05, 0.1) is 18.5 Å². The summed E-state index contributed by atoms with van der Waals surface area (Å²) in [4.78, 5) is 2.30. The largest absolute Gasteiger partial charge is 0.381 e. The standard InChI is InChI=1S/C16H20FN3O/c1-19(9-13-6-7-21-12-13)10-14-8-18-20(11-14)16-4-2-15(17)3-5-16/h2-5,8,11,13H,6-7,9-10,12H2,1H3. The molecule has 0 amide bonds. The Morgan fingerprint density at radius 3 is 2.90 bits per heavy atom. The molecule has 21 heavy (non-hydrogen) atoms. The van der Waals surface area contributed by atoms with Gasteiger partial charge in [-0.15, -0.1) is 0 Å². The molecule has 1 fully saturated rings. The number of aromatic nitrogens is 2. The van der Waals surface area contributed by atoms with Crippen LogP contribution in [-0.2, 0) is 11.3 Å². The van der Waals surface area contributed by atoms with E-state index in [4.69, 9.17) is 4.74 Å². The van der Waals surface area contributed by atoms with Crippen molar-refractivity contribution in [3.05, 3.63) is 48.0 Å². The maximum atomic E-state index is 12.9. The number of hydrogen-bond acceptors (Lipinski definition) is 3. The second-order valence-corrected chi connectivity index (χ2v) is 5.70. The fourth-order valence-corrected chi connectivity index (χ4v) is 2.72. The van der Waals surface area contributed by atoms with Gasteiger partial charge in [-0.05, 0) is 43.7 Å². The van der Waals surface area contributed by atoms with Crippen molar-refractivity contribution in [3.63, 3.8) is 0 Å². The summed E-state index contributed by atoms with van der Waals surface area (Å²) >= 11 is 0. The molecule has 2 heterocycles. The maximum absolute atomic E-state index is 12.9. The third kappa shape index (κ3) is 3.68. The number of rotatable bonds is 5. The average molecular weight is 289 g/mol. The summed E-state index contributed by atoms with van der Waals surface area (Å²) in [7, 11) is 2.12. The molecule has 4 nitrogen and oxygen atoms in total. The van der Waals surface area contributed by atoms with Crippen LogP contribution in [0.2, 0.25) is 0 Å². The third-order valence-electron chi connectivity index (χ3n) is 3.77. The van der Waals surface area contributed by atoms with E-state index in [2.05, 4.69) is 17.0 Å². The van der Waals surface area contributed by atoms with E-state index in [1.807, 2.05) is 12.4 Å². The molecule has 112 valence electrons. The smallest absolute Gasteiger partial charge is 0.123 e. The first-order chi connectivity index (χ1) is 10.2. The number of halogens is 1. The quantitative estimate of drug-likeness (QED) is 0.847. The van der Waals surface area contributed by atoms with Gasteiger partial charge >= 0.3 is 0 Å². The first-order valence-electron chi connectivity index (χ1n) is 7.26. The van der Waals surface area contributed by atoms with Crippen molar-refractivity contribution in [2.75, 3.05) is 26.8 Å². The lowest BCUT2D eigenvalue weighted by atomic mass is 10.1. The number of hydrogen-bond donors (Lipinski definition) is 0. The highest BCUT2D eigenvalue weighted by atomic mass is 19.1. The molecular weight excluding hydrogens is 269 g/mol. The Labute approximate surface area is 124 Å². The van der Waals surface area contributed by atoms with E-state index < -0.39 is 0 Å².